The summed E-state index contributed by atoms with van der Waals surface area (Å²) in [5.41, 5.74) is 2.38. The summed E-state index contributed by atoms with van der Waals surface area (Å²) >= 11 is 1.64. The van der Waals surface area contributed by atoms with E-state index in [9.17, 15) is 0 Å². The Kier molecular flexibility index (Phi) is 4.72. The molecule has 130 valence electrons. The van der Waals surface area contributed by atoms with Crippen LogP contribution in [0.4, 0.5) is 5.69 Å². The minimum Gasteiger partial charge on any atom is -0.497 e. The molecule has 0 radical (unpaired) electrons. The van der Waals surface area contributed by atoms with Crippen LogP contribution < -0.4 is 9.64 Å². The van der Waals surface area contributed by atoms with Gasteiger partial charge in [0.15, 0.2) is 10.8 Å². The molecule has 1 aliphatic heterocycles. The van der Waals surface area contributed by atoms with Crippen LogP contribution in [0.1, 0.15) is 5.69 Å². The van der Waals surface area contributed by atoms with E-state index in [2.05, 4.69) is 27.3 Å². The van der Waals surface area contributed by atoms with E-state index < -0.39 is 0 Å². The number of thiazole rings is 1. The van der Waals surface area contributed by atoms with Gasteiger partial charge in [0.05, 0.1) is 19.1 Å². The fourth-order valence-corrected chi connectivity index (χ4v) is 3.86. The maximum absolute atomic E-state index is 5.42. The predicted octanol–water partition coefficient (Wildman–Crippen LogP) is 3.73. The van der Waals surface area contributed by atoms with E-state index in [0.717, 1.165) is 54.9 Å². The van der Waals surface area contributed by atoms with Crippen molar-refractivity contribution < 1.29 is 9.15 Å². The summed E-state index contributed by atoms with van der Waals surface area (Å²) in [6.45, 7) is 5.04. The van der Waals surface area contributed by atoms with Gasteiger partial charge in [0.25, 0.3) is 0 Å². The average molecular weight is 355 g/mol. The van der Waals surface area contributed by atoms with Gasteiger partial charge >= 0.3 is 0 Å². The summed E-state index contributed by atoms with van der Waals surface area (Å²) in [5.74, 6) is 1.75. The second-order valence-corrected chi connectivity index (χ2v) is 6.94. The average Bonchev–Trinajstić information content (AvgIpc) is 3.34. The van der Waals surface area contributed by atoms with E-state index in [1.165, 1.54) is 5.69 Å². The Balaban J connectivity index is 1.33. The summed E-state index contributed by atoms with van der Waals surface area (Å²) in [5, 5.41) is 3.09. The number of hydrogen-bond donors (Lipinski definition) is 0. The highest BCUT2D eigenvalue weighted by atomic mass is 32.1. The Bertz CT molecular complexity index is 790. The molecule has 25 heavy (non-hydrogen) atoms. The minimum absolute atomic E-state index is 0.848. The third-order valence-electron chi connectivity index (χ3n) is 4.48. The Labute approximate surface area is 151 Å². The molecule has 0 atom stereocenters. The summed E-state index contributed by atoms with van der Waals surface area (Å²) in [4.78, 5) is 9.58. The molecule has 4 rings (SSSR count). The molecule has 2 aromatic heterocycles. The van der Waals surface area contributed by atoms with Crippen LogP contribution >= 0.6 is 11.3 Å². The molecule has 0 N–H and O–H groups in total. The van der Waals surface area contributed by atoms with E-state index in [4.69, 9.17) is 14.1 Å². The second-order valence-electron chi connectivity index (χ2n) is 6.08. The van der Waals surface area contributed by atoms with Gasteiger partial charge in [-0.05, 0) is 36.4 Å². The molecule has 0 bridgehead atoms. The zero-order valence-corrected chi connectivity index (χ0v) is 15.0. The lowest BCUT2D eigenvalue weighted by molar-refractivity contribution is 0.247. The van der Waals surface area contributed by atoms with Crippen LogP contribution in [0.2, 0.25) is 0 Å². The van der Waals surface area contributed by atoms with Crippen LogP contribution in [0.5, 0.6) is 5.75 Å². The monoisotopic (exact) mass is 355 g/mol. The molecule has 1 aliphatic rings. The van der Waals surface area contributed by atoms with Crippen LogP contribution in [0.3, 0.4) is 0 Å². The molecular formula is C19H21N3O2S. The maximum atomic E-state index is 5.42. The molecule has 1 saturated heterocycles. The lowest BCUT2D eigenvalue weighted by atomic mass is 10.2. The van der Waals surface area contributed by atoms with Gasteiger partial charge in [-0.2, -0.15) is 0 Å². The van der Waals surface area contributed by atoms with Crippen molar-refractivity contribution in [2.75, 3.05) is 38.2 Å². The molecule has 3 heterocycles. The summed E-state index contributed by atoms with van der Waals surface area (Å²) in [7, 11) is 1.70. The number of furan rings is 1. The normalized spacial score (nSPS) is 15.5. The Morgan fingerprint density at radius 2 is 1.92 bits per heavy atom. The lowest BCUT2D eigenvalue weighted by Crippen LogP contribution is -2.46. The molecule has 0 amide bonds. The number of hydrogen-bond acceptors (Lipinski definition) is 6. The third-order valence-corrected chi connectivity index (χ3v) is 5.38. The Morgan fingerprint density at radius 3 is 2.60 bits per heavy atom. The maximum Gasteiger partial charge on any atom is 0.162 e. The molecule has 1 fully saturated rings. The number of piperazine rings is 1. The van der Waals surface area contributed by atoms with Crippen LogP contribution in [-0.4, -0.2) is 43.2 Å². The highest BCUT2D eigenvalue weighted by Gasteiger charge is 2.18. The molecular weight excluding hydrogens is 334 g/mol. The minimum atomic E-state index is 0.848. The number of nitrogens with zero attached hydrogens (tertiary/aromatic N) is 3. The number of aromatic nitrogens is 1. The van der Waals surface area contributed by atoms with Crippen molar-refractivity contribution in [2.24, 2.45) is 0 Å². The van der Waals surface area contributed by atoms with E-state index in [1.54, 1.807) is 24.7 Å². The fraction of sp³-hybridized carbons (Fsp3) is 0.316. The predicted molar refractivity (Wildman–Crippen MR) is 100 cm³/mol. The van der Waals surface area contributed by atoms with Crippen molar-refractivity contribution in [2.45, 2.75) is 6.54 Å². The van der Waals surface area contributed by atoms with Crippen LogP contribution in [-0.2, 0) is 6.54 Å². The van der Waals surface area contributed by atoms with Gasteiger partial charge < -0.3 is 14.1 Å². The highest BCUT2D eigenvalue weighted by Crippen LogP contribution is 2.25. The first-order valence-corrected chi connectivity index (χ1v) is 9.29. The number of methoxy groups -OCH3 is 1. The van der Waals surface area contributed by atoms with Crippen molar-refractivity contribution in [3.63, 3.8) is 0 Å². The molecule has 0 saturated carbocycles. The molecule has 6 heteroatoms. The quantitative estimate of drug-likeness (QED) is 0.697. The summed E-state index contributed by atoms with van der Waals surface area (Å²) in [6.07, 6.45) is 1.69. The van der Waals surface area contributed by atoms with Gasteiger partial charge in [-0.25, -0.2) is 4.98 Å². The Hall–Kier alpha value is -2.31. The SMILES string of the molecule is COc1ccc(N2CCN(Cc3csc(-c4ccco4)n3)CC2)cc1. The molecule has 5 nitrogen and oxygen atoms in total. The number of ether oxygens (including phenoxy) is 1. The topological polar surface area (TPSA) is 41.7 Å². The van der Waals surface area contributed by atoms with Gasteiger partial charge in [0, 0.05) is 43.8 Å². The molecule has 3 aromatic rings. The van der Waals surface area contributed by atoms with Gasteiger partial charge in [-0.15, -0.1) is 11.3 Å². The third kappa shape index (κ3) is 3.70. The van der Waals surface area contributed by atoms with Gasteiger partial charge in [-0.1, -0.05) is 0 Å². The van der Waals surface area contributed by atoms with E-state index >= 15 is 0 Å². The van der Waals surface area contributed by atoms with Gasteiger partial charge in [-0.3, -0.25) is 4.90 Å². The lowest BCUT2D eigenvalue weighted by Gasteiger charge is -2.35. The van der Waals surface area contributed by atoms with Crippen molar-refractivity contribution in [1.29, 1.82) is 0 Å². The molecule has 0 spiro atoms. The first kappa shape index (κ1) is 16.2. The standard InChI is InChI=1S/C19H21N3O2S/c1-23-17-6-4-16(5-7-17)22-10-8-21(9-11-22)13-15-14-25-19(20-15)18-3-2-12-24-18/h2-7,12,14H,8-11,13H2,1H3. The smallest absolute Gasteiger partial charge is 0.162 e. The Morgan fingerprint density at radius 1 is 1.12 bits per heavy atom. The van der Waals surface area contributed by atoms with E-state index in [1.807, 2.05) is 24.3 Å². The zero-order chi connectivity index (χ0) is 17.1. The molecule has 0 unspecified atom stereocenters. The second kappa shape index (κ2) is 7.29. The van der Waals surface area contributed by atoms with Crippen LogP contribution in [0.25, 0.3) is 10.8 Å². The van der Waals surface area contributed by atoms with Gasteiger partial charge in [0.1, 0.15) is 5.75 Å². The first-order chi connectivity index (χ1) is 12.3. The van der Waals surface area contributed by atoms with Crippen molar-refractivity contribution in [3.8, 4) is 16.5 Å². The highest BCUT2D eigenvalue weighted by molar-refractivity contribution is 7.13. The number of rotatable bonds is 5. The largest absolute Gasteiger partial charge is 0.497 e. The molecule has 1 aromatic carbocycles. The first-order valence-electron chi connectivity index (χ1n) is 8.41. The van der Waals surface area contributed by atoms with Crippen molar-refractivity contribution >= 4 is 17.0 Å². The van der Waals surface area contributed by atoms with Gasteiger partial charge in [0.2, 0.25) is 0 Å². The van der Waals surface area contributed by atoms with Crippen molar-refractivity contribution in [1.82, 2.24) is 9.88 Å². The fourth-order valence-electron chi connectivity index (χ4n) is 3.08. The van der Waals surface area contributed by atoms with E-state index in [0.29, 0.717) is 0 Å². The van der Waals surface area contributed by atoms with Crippen LogP contribution in [0, 0.1) is 0 Å². The van der Waals surface area contributed by atoms with Crippen LogP contribution in [0.15, 0.2) is 52.5 Å². The number of anilines is 1. The zero-order valence-electron chi connectivity index (χ0n) is 14.2. The summed E-state index contributed by atoms with van der Waals surface area (Å²) in [6, 6.07) is 12.2. The number of benzene rings is 1. The van der Waals surface area contributed by atoms with Crippen molar-refractivity contribution in [3.05, 3.63) is 53.7 Å². The molecule has 0 aliphatic carbocycles. The summed E-state index contributed by atoms with van der Waals surface area (Å²) < 4.78 is 10.7. The van der Waals surface area contributed by atoms with E-state index in [-0.39, 0.29) is 0 Å².